The predicted octanol–water partition coefficient (Wildman–Crippen LogP) is 3.29. The topological polar surface area (TPSA) is 86.8 Å². The third-order valence-corrected chi connectivity index (χ3v) is 4.37. The van der Waals surface area contributed by atoms with Gasteiger partial charge in [-0.25, -0.2) is 23.9 Å². The number of amides is 1. The molecule has 0 unspecified atom stereocenters. The summed E-state index contributed by atoms with van der Waals surface area (Å²) in [4.78, 5) is 18.8. The van der Waals surface area contributed by atoms with E-state index in [2.05, 4.69) is 31.1 Å². The SMILES string of the molecule is CC(C)(C)OC(=O)N(c1cc2n(n1)COCC2)c1cc(Br)cn2ncnc12. The van der Waals surface area contributed by atoms with Crippen LogP contribution < -0.4 is 4.90 Å². The average Bonchev–Trinajstić information content (AvgIpc) is 3.19. The first-order valence-corrected chi connectivity index (χ1v) is 9.27. The maximum atomic E-state index is 13.1. The van der Waals surface area contributed by atoms with E-state index in [1.807, 2.05) is 26.8 Å². The minimum Gasteiger partial charge on any atom is -0.443 e. The van der Waals surface area contributed by atoms with Gasteiger partial charge in [-0.1, -0.05) is 0 Å². The Bertz CT molecular complexity index is 982. The predicted molar refractivity (Wildman–Crippen MR) is 101 cm³/mol. The molecular weight excluding hydrogens is 416 g/mol. The summed E-state index contributed by atoms with van der Waals surface area (Å²) >= 11 is 3.46. The van der Waals surface area contributed by atoms with Gasteiger partial charge in [0.05, 0.1) is 12.3 Å². The number of anilines is 2. The Labute approximate surface area is 164 Å². The van der Waals surface area contributed by atoms with Crippen LogP contribution >= 0.6 is 15.9 Å². The van der Waals surface area contributed by atoms with E-state index >= 15 is 0 Å². The summed E-state index contributed by atoms with van der Waals surface area (Å²) in [6.07, 6.45) is 3.39. The number of rotatable bonds is 2. The van der Waals surface area contributed by atoms with Gasteiger partial charge in [0.15, 0.2) is 11.5 Å². The molecular formula is C17H19BrN6O3. The lowest BCUT2D eigenvalue weighted by atomic mass is 10.2. The fraction of sp³-hybridized carbons (Fsp3) is 0.412. The number of fused-ring (bicyclic) bond motifs is 2. The summed E-state index contributed by atoms with van der Waals surface area (Å²) in [6.45, 7) is 6.45. The van der Waals surface area contributed by atoms with E-state index in [0.717, 1.165) is 16.6 Å². The Kier molecular flexibility index (Phi) is 4.39. The number of nitrogens with zero attached hydrogens (tertiary/aromatic N) is 6. The smallest absolute Gasteiger partial charge is 0.420 e. The zero-order chi connectivity index (χ0) is 19.2. The molecule has 0 saturated heterocycles. The molecule has 10 heteroatoms. The molecule has 3 aromatic heterocycles. The van der Waals surface area contributed by atoms with Crippen molar-refractivity contribution in [3.63, 3.8) is 0 Å². The highest BCUT2D eigenvalue weighted by molar-refractivity contribution is 9.10. The first-order valence-electron chi connectivity index (χ1n) is 8.48. The molecule has 9 nitrogen and oxygen atoms in total. The van der Waals surface area contributed by atoms with Gasteiger partial charge in [0, 0.05) is 28.9 Å². The molecule has 4 rings (SSSR count). The number of pyridine rings is 1. The molecule has 0 fully saturated rings. The summed E-state index contributed by atoms with van der Waals surface area (Å²) in [5, 5.41) is 8.71. The number of carbonyl (C=O) groups is 1. The van der Waals surface area contributed by atoms with E-state index in [9.17, 15) is 4.79 Å². The van der Waals surface area contributed by atoms with Crippen molar-refractivity contribution in [1.29, 1.82) is 0 Å². The lowest BCUT2D eigenvalue weighted by molar-refractivity contribution is 0.0477. The van der Waals surface area contributed by atoms with Crippen molar-refractivity contribution in [2.45, 2.75) is 39.5 Å². The standard InChI is InChI=1S/C17H19BrN6O3/c1-17(2,3)27-16(25)24(14-7-12-4-5-26-10-23(12)21-14)13-6-11(18)8-22-15(13)19-9-20-22/h6-9H,4-5,10H2,1-3H3. The van der Waals surface area contributed by atoms with E-state index in [-0.39, 0.29) is 0 Å². The van der Waals surface area contributed by atoms with Gasteiger partial charge < -0.3 is 9.47 Å². The summed E-state index contributed by atoms with van der Waals surface area (Å²) in [5.74, 6) is 0.452. The molecule has 0 bridgehead atoms. The van der Waals surface area contributed by atoms with Gasteiger partial charge in [-0.3, -0.25) is 0 Å². The van der Waals surface area contributed by atoms with Crippen molar-refractivity contribution in [2.24, 2.45) is 0 Å². The van der Waals surface area contributed by atoms with Gasteiger partial charge in [0.25, 0.3) is 0 Å². The molecule has 27 heavy (non-hydrogen) atoms. The first kappa shape index (κ1) is 17.9. The van der Waals surface area contributed by atoms with Crippen molar-refractivity contribution in [2.75, 3.05) is 11.5 Å². The zero-order valence-corrected chi connectivity index (χ0v) is 16.8. The highest BCUT2D eigenvalue weighted by atomic mass is 79.9. The molecule has 1 aliphatic rings. The lowest BCUT2D eigenvalue weighted by Crippen LogP contribution is -2.34. The maximum Gasteiger partial charge on any atom is 0.420 e. The fourth-order valence-corrected chi connectivity index (χ4v) is 3.27. The number of halogens is 1. The van der Waals surface area contributed by atoms with Crippen LogP contribution in [-0.4, -0.2) is 42.7 Å². The number of ether oxygens (including phenoxy) is 2. The molecule has 0 saturated carbocycles. The third kappa shape index (κ3) is 3.54. The minimum absolute atomic E-state index is 0.357. The first-order chi connectivity index (χ1) is 12.8. The van der Waals surface area contributed by atoms with Crippen molar-refractivity contribution in [1.82, 2.24) is 24.4 Å². The van der Waals surface area contributed by atoms with Crippen molar-refractivity contribution in [3.8, 4) is 0 Å². The Morgan fingerprint density at radius 1 is 1.37 bits per heavy atom. The molecule has 1 aliphatic heterocycles. The van der Waals surface area contributed by atoms with E-state index < -0.39 is 11.7 Å². The van der Waals surface area contributed by atoms with Crippen LogP contribution in [0.3, 0.4) is 0 Å². The van der Waals surface area contributed by atoms with Gasteiger partial charge in [-0.05, 0) is 42.8 Å². The highest BCUT2D eigenvalue weighted by Crippen LogP contribution is 2.32. The van der Waals surface area contributed by atoms with Crippen LogP contribution in [0.4, 0.5) is 16.3 Å². The van der Waals surface area contributed by atoms with Crippen molar-refractivity contribution < 1.29 is 14.3 Å². The summed E-state index contributed by atoms with van der Waals surface area (Å²) in [5.41, 5.74) is 1.38. The fourth-order valence-electron chi connectivity index (χ4n) is 2.85. The lowest BCUT2D eigenvalue weighted by Gasteiger charge is -2.26. The monoisotopic (exact) mass is 434 g/mol. The molecule has 3 aromatic rings. The largest absolute Gasteiger partial charge is 0.443 e. The Hall–Kier alpha value is -2.46. The number of aromatic nitrogens is 5. The molecule has 0 N–H and O–H groups in total. The van der Waals surface area contributed by atoms with Gasteiger partial charge in [-0.15, -0.1) is 0 Å². The van der Waals surface area contributed by atoms with E-state index in [4.69, 9.17) is 9.47 Å². The van der Waals surface area contributed by atoms with Crippen LogP contribution in [0.2, 0.25) is 0 Å². The molecule has 0 atom stereocenters. The summed E-state index contributed by atoms with van der Waals surface area (Å²) in [7, 11) is 0. The van der Waals surface area contributed by atoms with E-state index in [1.165, 1.54) is 11.2 Å². The number of hydrogen-bond acceptors (Lipinski definition) is 6. The molecule has 4 heterocycles. The van der Waals surface area contributed by atoms with Crippen LogP contribution in [-0.2, 0) is 22.6 Å². The van der Waals surface area contributed by atoms with Gasteiger partial charge in [0.1, 0.15) is 18.7 Å². The van der Waals surface area contributed by atoms with Gasteiger partial charge in [0.2, 0.25) is 0 Å². The quantitative estimate of drug-likeness (QED) is 0.614. The highest BCUT2D eigenvalue weighted by Gasteiger charge is 2.30. The van der Waals surface area contributed by atoms with Crippen molar-refractivity contribution >= 4 is 39.2 Å². The number of carbonyl (C=O) groups excluding carboxylic acids is 1. The van der Waals surface area contributed by atoms with E-state index in [1.54, 1.807) is 21.5 Å². The van der Waals surface area contributed by atoms with Crippen LogP contribution in [0.5, 0.6) is 0 Å². The van der Waals surface area contributed by atoms with Gasteiger partial charge in [-0.2, -0.15) is 10.2 Å². The minimum atomic E-state index is -0.659. The summed E-state index contributed by atoms with van der Waals surface area (Å²) in [6, 6.07) is 3.67. The normalized spacial score (nSPS) is 14.2. The molecule has 142 valence electrons. The van der Waals surface area contributed by atoms with Crippen LogP contribution in [0.1, 0.15) is 26.5 Å². The van der Waals surface area contributed by atoms with Crippen LogP contribution in [0.15, 0.2) is 29.1 Å². The van der Waals surface area contributed by atoms with Crippen LogP contribution in [0, 0.1) is 0 Å². The average molecular weight is 435 g/mol. The second-order valence-corrected chi connectivity index (χ2v) is 8.08. The Balaban J connectivity index is 1.86. The number of hydrogen-bond donors (Lipinski definition) is 0. The van der Waals surface area contributed by atoms with Crippen LogP contribution in [0.25, 0.3) is 5.65 Å². The molecule has 0 spiro atoms. The Morgan fingerprint density at radius 3 is 2.93 bits per heavy atom. The second-order valence-electron chi connectivity index (χ2n) is 7.17. The molecule has 0 aromatic carbocycles. The molecule has 0 aliphatic carbocycles. The summed E-state index contributed by atoms with van der Waals surface area (Å²) < 4.78 is 15.2. The Morgan fingerprint density at radius 2 is 2.19 bits per heavy atom. The zero-order valence-electron chi connectivity index (χ0n) is 15.2. The van der Waals surface area contributed by atoms with E-state index in [0.29, 0.717) is 30.5 Å². The maximum absolute atomic E-state index is 13.1. The second kappa shape index (κ2) is 6.61. The van der Waals surface area contributed by atoms with Crippen molar-refractivity contribution in [3.05, 3.63) is 34.8 Å². The molecule has 0 radical (unpaired) electrons. The molecule has 1 amide bonds. The third-order valence-electron chi connectivity index (χ3n) is 3.93. The van der Waals surface area contributed by atoms with Gasteiger partial charge >= 0.3 is 6.09 Å².